The lowest BCUT2D eigenvalue weighted by Gasteiger charge is -2.18. The average Bonchev–Trinajstić information content (AvgIpc) is 3.20. The van der Waals surface area contributed by atoms with Gasteiger partial charge in [-0.1, -0.05) is 25.6 Å². The SMILES string of the molecule is COC(=O)[C@@H](CC(C)C)NC(=O)CSc1nnc(-c2ccco2)n1C. The molecule has 0 aromatic carbocycles. The van der Waals surface area contributed by atoms with Crippen molar-refractivity contribution in [1.29, 1.82) is 0 Å². The van der Waals surface area contributed by atoms with Gasteiger partial charge in [0.2, 0.25) is 5.91 Å². The lowest BCUT2D eigenvalue weighted by atomic mass is 10.0. The maximum absolute atomic E-state index is 12.2. The van der Waals surface area contributed by atoms with E-state index < -0.39 is 12.0 Å². The first kappa shape index (κ1) is 19.0. The summed E-state index contributed by atoms with van der Waals surface area (Å²) < 4.78 is 11.8. The Bertz CT molecular complexity index is 712. The van der Waals surface area contributed by atoms with E-state index in [1.165, 1.54) is 18.9 Å². The first-order chi connectivity index (χ1) is 11.9. The lowest BCUT2D eigenvalue weighted by molar-refractivity contribution is -0.145. The summed E-state index contributed by atoms with van der Waals surface area (Å²) in [5, 5.41) is 11.4. The number of esters is 1. The number of aromatic nitrogens is 3. The molecule has 0 bridgehead atoms. The molecule has 2 aromatic heterocycles. The summed E-state index contributed by atoms with van der Waals surface area (Å²) in [5.41, 5.74) is 0. The van der Waals surface area contributed by atoms with Crippen molar-refractivity contribution in [3.8, 4) is 11.6 Å². The first-order valence-electron chi connectivity index (χ1n) is 7.85. The number of methoxy groups -OCH3 is 1. The fourth-order valence-corrected chi connectivity index (χ4v) is 2.98. The number of ether oxygens (including phenoxy) is 1. The highest BCUT2D eigenvalue weighted by molar-refractivity contribution is 7.99. The van der Waals surface area contributed by atoms with E-state index in [4.69, 9.17) is 9.15 Å². The zero-order chi connectivity index (χ0) is 18.4. The molecule has 0 radical (unpaired) electrons. The fraction of sp³-hybridized carbons (Fsp3) is 0.500. The molecular formula is C16H22N4O4S. The Balaban J connectivity index is 1.94. The normalized spacial score (nSPS) is 12.2. The Kier molecular flexibility index (Phi) is 6.63. The second-order valence-corrected chi connectivity index (χ2v) is 6.85. The summed E-state index contributed by atoms with van der Waals surface area (Å²) >= 11 is 1.24. The van der Waals surface area contributed by atoms with Crippen molar-refractivity contribution >= 4 is 23.6 Å². The molecule has 2 rings (SSSR count). The van der Waals surface area contributed by atoms with Gasteiger partial charge in [-0.2, -0.15) is 0 Å². The van der Waals surface area contributed by atoms with E-state index in [0.29, 0.717) is 23.2 Å². The van der Waals surface area contributed by atoms with E-state index in [-0.39, 0.29) is 17.6 Å². The Morgan fingerprint density at radius 3 is 2.76 bits per heavy atom. The number of hydrogen-bond donors (Lipinski definition) is 1. The van der Waals surface area contributed by atoms with Crippen LogP contribution >= 0.6 is 11.8 Å². The monoisotopic (exact) mass is 366 g/mol. The molecule has 0 saturated heterocycles. The van der Waals surface area contributed by atoms with Gasteiger partial charge in [0.25, 0.3) is 0 Å². The predicted molar refractivity (Wildman–Crippen MR) is 92.8 cm³/mol. The Hall–Kier alpha value is -2.29. The van der Waals surface area contributed by atoms with E-state index in [0.717, 1.165) is 0 Å². The van der Waals surface area contributed by atoms with Gasteiger partial charge < -0.3 is 19.0 Å². The van der Waals surface area contributed by atoms with Crippen molar-refractivity contribution in [3.05, 3.63) is 18.4 Å². The number of nitrogens with zero attached hydrogens (tertiary/aromatic N) is 3. The van der Waals surface area contributed by atoms with Gasteiger partial charge in [0.05, 0.1) is 19.1 Å². The van der Waals surface area contributed by atoms with Gasteiger partial charge in [0, 0.05) is 7.05 Å². The van der Waals surface area contributed by atoms with Gasteiger partial charge in [-0.05, 0) is 24.5 Å². The van der Waals surface area contributed by atoms with Gasteiger partial charge >= 0.3 is 5.97 Å². The number of nitrogens with one attached hydrogen (secondary N) is 1. The van der Waals surface area contributed by atoms with Gasteiger partial charge in [-0.25, -0.2) is 4.79 Å². The number of carbonyl (C=O) groups excluding carboxylic acids is 2. The minimum Gasteiger partial charge on any atom is -0.467 e. The maximum Gasteiger partial charge on any atom is 0.328 e. The molecule has 0 aliphatic carbocycles. The van der Waals surface area contributed by atoms with E-state index >= 15 is 0 Å². The zero-order valence-electron chi connectivity index (χ0n) is 14.7. The van der Waals surface area contributed by atoms with Crippen LogP contribution in [0.5, 0.6) is 0 Å². The zero-order valence-corrected chi connectivity index (χ0v) is 15.5. The number of amides is 1. The summed E-state index contributed by atoms with van der Waals surface area (Å²) in [6.45, 7) is 3.96. The molecule has 0 aliphatic heterocycles. The van der Waals surface area contributed by atoms with Crippen molar-refractivity contribution in [3.63, 3.8) is 0 Å². The van der Waals surface area contributed by atoms with Crippen molar-refractivity contribution in [1.82, 2.24) is 20.1 Å². The minimum atomic E-state index is -0.642. The third-order valence-corrected chi connectivity index (χ3v) is 4.46. The third-order valence-electron chi connectivity index (χ3n) is 3.44. The Labute approximate surface area is 150 Å². The number of rotatable bonds is 8. The Morgan fingerprint density at radius 2 is 2.16 bits per heavy atom. The highest BCUT2D eigenvalue weighted by atomic mass is 32.2. The minimum absolute atomic E-state index is 0.121. The molecule has 0 aliphatic rings. The molecule has 1 N–H and O–H groups in total. The van der Waals surface area contributed by atoms with E-state index in [1.807, 2.05) is 13.8 Å². The summed E-state index contributed by atoms with van der Waals surface area (Å²) in [5.74, 6) is 0.866. The lowest BCUT2D eigenvalue weighted by Crippen LogP contribution is -2.43. The molecule has 9 heteroatoms. The van der Waals surface area contributed by atoms with Crippen LogP contribution < -0.4 is 5.32 Å². The molecule has 1 amide bonds. The second kappa shape index (κ2) is 8.70. The van der Waals surface area contributed by atoms with Crippen molar-refractivity contribution in [2.75, 3.05) is 12.9 Å². The molecule has 136 valence electrons. The highest BCUT2D eigenvalue weighted by Crippen LogP contribution is 2.22. The highest BCUT2D eigenvalue weighted by Gasteiger charge is 2.23. The van der Waals surface area contributed by atoms with Crippen LogP contribution in [-0.4, -0.2) is 45.5 Å². The molecule has 0 saturated carbocycles. The van der Waals surface area contributed by atoms with Gasteiger partial charge in [-0.3, -0.25) is 4.79 Å². The smallest absolute Gasteiger partial charge is 0.328 e. The largest absolute Gasteiger partial charge is 0.467 e. The van der Waals surface area contributed by atoms with Crippen LogP contribution in [0.3, 0.4) is 0 Å². The van der Waals surface area contributed by atoms with Crippen LogP contribution in [0.2, 0.25) is 0 Å². The average molecular weight is 366 g/mol. The molecule has 0 fully saturated rings. The van der Waals surface area contributed by atoms with Gasteiger partial charge in [0.1, 0.15) is 6.04 Å². The molecule has 8 nitrogen and oxygen atoms in total. The molecule has 2 aromatic rings. The summed E-state index contributed by atoms with van der Waals surface area (Å²) in [6.07, 6.45) is 2.08. The summed E-state index contributed by atoms with van der Waals surface area (Å²) in [4.78, 5) is 23.9. The van der Waals surface area contributed by atoms with Crippen LogP contribution in [0.4, 0.5) is 0 Å². The predicted octanol–water partition coefficient (Wildman–Crippen LogP) is 1.87. The number of thioether (sulfide) groups is 1. The molecule has 25 heavy (non-hydrogen) atoms. The molecule has 0 unspecified atom stereocenters. The van der Waals surface area contributed by atoms with E-state index in [2.05, 4.69) is 15.5 Å². The number of hydrogen-bond acceptors (Lipinski definition) is 7. The standard InChI is InChI=1S/C16H22N4O4S/c1-10(2)8-11(15(22)23-4)17-13(21)9-25-16-19-18-14(20(16)3)12-6-5-7-24-12/h5-7,10-11H,8-9H2,1-4H3,(H,17,21)/t11-/m1/s1. The van der Waals surface area contributed by atoms with Crippen molar-refractivity contribution < 1.29 is 18.7 Å². The topological polar surface area (TPSA) is 99.2 Å². The number of furan rings is 1. The molecular weight excluding hydrogens is 344 g/mol. The summed E-state index contributed by atoms with van der Waals surface area (Å²) in [7, 11) is 3.11. The molecule has 1 atom stereocenters. The molecule has 2 heterocycles. The Morgan fingerprint density at radius 1 is 1.40 bits per heavy atom. The van der Waals surface area contributed by atoms with Crippen molar-refractivity contribution in [2.24, 2.45) is 13.0 Å². The molecule has 0 spiro atoms. The van der Waals surface area contributed by atoms with Crippen LogP contribution in [0.1, 0.15) is 20.3 Å². The van der Waals surface area contributed by atoms with Gasteiger partial charge in [0.15, 0.2) is 16.7 Å². The van der Waals surface area contributed by atoms with E-state index in [1.54, 1.807) is 30.0 Å². The van der Waals surface area contributed by atoms with Crippen LogP contribution in [0.15, 0.2) is 28.0 Å². The maximum atomic E-state index is 12.2. The number of carbonyl (C=O) groups is 2. The summed E-state index contributed by atoms with van der Waals surface area (Å²) in [6, 6.07) is 2.92. The van der Waals surface area contributed by atoms with Crippen LogP contribution in [0.25, 0.3) is 11.6 Å². The van der Waals surface area contributed by atoms with Crippen molar-refractivity contribution in [2.45, 2.75) is 31.5 Å². The van der Waals surface area contributed by atoms with Gasteiger partial charge in [-0.15, -0.1) is 10.2 Å². The first-order valence-corrected chi connectivity index (χ1v) is 8.84. The third kappa shape index (κ3) is 5.09. The van der Waals surface area contributed by atoms with E-state index in [9.17, 15) is 9.59 Å². The quantitative estimate of drug-likeness (QED) is 0.562. The van der Waals surface area contributed by atoms with Crippen LogP contribution in [-0.2, 0) is 21.4 Å². The van der Waals surface area contributed by atoms with Crippen LogP contribution in [0, 0.1) is 5.92 Å². The fourth-order valence-electron chi connectivity index (χ4n) is 2.25. The second-order valence-electron chi connectivity index (χ2n) is 5.90.